The average Bonchev–Trinajstić information content (AvgIpc) is 3.13. The highest BCUT2D eigenvalue weighted by atomic mass is 32.1. The molecule has 7 heteroatoms. The molecule has 30 heavy (non-hydrogen) atoms. The number of rotatable bonds is 8. The maximum atomic E-state index is 12.1. The first-order valence-corrected chi connectivity index (χ1v) is 10.7. The smallest absolute Gasteiger partial charge is 0.220 e. The van der Waals surface area contributed by atoms with Crippen LogP contribution in [0.4, 0.5) is 5.82 Å². The third-order valence-electron chi connectivity index (χ3n) is 4.81. The second-order valence-corrected chi connectivity index (χ2v) is 8.17. The molecule has 0 saturated heterocycles. The molecular weight excluding hydrogens is 394 g/mol. The summed E-state index contributed by atoms with van der Waals surface area (Å²) in [4.78, 5) is 27.3. The van der Waals surface area contributed by atoms with Crippen LogP contribution < -0.4 is 10.6 Å². The quantitative estimate of drug-likeness (QED) is 0.411. The van der Waals surface area contributed by atoms with E-state index in [2.05, 4.69) is 44.6 Å². The molecule has 0 radical (unpaired) electrons. The Bertz CT molecular complexity index is 1130. The molecule has 1 aromatic carbocycles. The molecular formula is C23H23N5OS. The maximum Gasteiger partial charge on any atom is 0.220 e. The van der Waals surface area contributed by atoms with E-state index in [1.807, 2.05) is 30.3 Å². The van der Waals surface area contributed by atoms with Gasteiger partial charge in [0.2, 0.25) is 5.91 Å². The maximum absolute atomic E-state index is 12.1. The first kappa shape index (κ1) is 20.0. The lowest BCUT2D eigenvalue weighted by atomic mass is 10.0. The number of thiophene rings is 1. The number of amides is 1. The molecule has 0 saturated carbocycles. The van der Waals surface area contributed by atoms with Crippen LogP contribution in [-0.4, -0.2) is 27.4 Å². The van der Waals surface area contributed by atoms with Gasteiger partial charge in [-0.15, -0.1) is 11.3 Å². The number of carbonyl (C=O) groups excluding carboxylic acids is 1. The number of hydrogen-bond donors (Lipinski definition) is 2. The van der Waals surface area contributed by atoms with E-state index in [1.165, 1.54) is 10.4 Å². The molecule has 0 aliphatic heterocycles. The van der Waals surface area contributed by atoms with E-state index in [-0.39, 0.29) is 5.91 Å². The third-order valence-corrected chi connectivity index (χ3v) is 5.83. The lowest BCUT2D eigenvalue weighted by Crippen LogP contribution is -2.23. The first-order valence-electron chi connectivity index (χ1n) is 9.91. The topological polar surface area (TPSA) is 79.8 Å². The second kappa shape index (κ2) is 9.45. The summed E-state index contributed by atoms with van der Waals surface area (Å²) in [6.07, 6.45) is 6.24. The van der Waals surface area contributed by atoms with Crippen molar-refractivity contribution in [3.05, 3.63) is 71.6 Å². The molecule has 4 rings (SSSR count). The first-order chi connectivity index (χ1) is 14.7. The van der Waals surface area contributed by atoms with Crippen LogP contribution in [0.15, 0.2) is 61.2 Å². The van der Waals surface area contributed by atoms with Gasteiger partial charge in [0.25, 0.3) is 0 Å². The molecule has 0 atom stereocenters. The van der Waals surface area contributed by atoms with Gasteiger partial charge in [-0.25, -0.2) is 9.97 Å². The number of hydrogen-bond acceptors (Lipinski definition) is 6. The predicted octanol–water partition coefficient (Wildman–Crippen LogP) is 4.57. The monoisotopic (exact) mass is 417 g/mol. The molecule has 3 aromatic heterocycles. The number of aromatic nitrogens is 3. The van der Waals surface area contributed by atoms with E-state index in [4.69, 9.17) is 0 Å². The molecule has 0 fully saturated rings. The van der Waals surface area contributed by atoms with Crippen molar-refractivity contribution in [2.45, 2.75) is 26.3 Å². The Morgan fingerprint density at radius 3 is 2.77 bits per heavy atom. The van der Waals surface area contributed by atoms with Crippen molar-refractivity contribution in [3.8, 4) is 11.1 Å². The molecule has 1 amide bonds. The van der Waals surface area contributed by atoms with Crippen LogP contribution in [-0.2, 0) is 11.3 Å². The van der Waals surface area contributed by atoms with Crippen molar-refractivity contribution in [1.82, 2.24) is 20.3 Å². The SMILES string of the molecule is Cc1sc2ncnc(NCCCC(=O)NCc3cccnc3)c2c1-c1ccccc1. The highest BCUT2D eigenvalue weighted by Gasteiger charge is 2.16. The van der Waals surface area contributed by atoms with Crippen molar-refractivity contribution >= 4 is 33.3 Å². The van der Waals surface area contributed by atoms with Gasteiger partial charge in [0.15, 0.2) is 0 Å². The molecule has 2 N–H and O–H groups in total. The highest BCUT2D eigenvalue weighted by molar-refractivity contribution is 7.19. The minimum absolute atomic E-state index is 0.0323. The van der Waals surface area contributed by atoms with E-state index >= 15 is 0 Å². The summed E-state index contributed by atoms with van der Waals surface area (Å²) in [5.74, 6) is 0.851. The normalized spacial score (nSPS) is 10.8. The van der Waals surface area contributed by atoms with Gasteiger partial charge in [-0.3, -0.25) is 9.78 Å². The van der Waals surface area contributed by atoms with Crippen LogP contribution in [0.5, 0.6) is 0 Å². The van der Waals surface area contributed by atoms with Crippen LogP contribution in [0.25, 0.3) is 21.3 Å². The number of pyridine rings is 1. The van der Waals surface area contributed by atoms with Gasteiger partial charge < -0.3 is 10.6 Å². The fourth-order valence-corrected chi connectivity index (χ4v) is 4.39. The van der Waals surface area contributed by atoms with Gasteiger partial charge in [-0.2, -0.15) is 0 Å². The van der Waals surface area contributed by atoms with Crippen molar-refractivity contribution in [2.75, 3.05) is 11.9 Å². The molecule has 0 aliphatic carbocycles. The molecule has 0 aliphatic rings. The predicted molar refractivity (Wildman–Crippen MR) is 121 cm³/mol. The van der Waals surface area contributed by atoms with Gasteiger partial charge >= 0.3 is 0 Å². The summed E-state index contributed by atoms with van der Waals surface area (Å²) in [7, 11) is 0. The summed E-state index contributed by atoms with van der Waals surface area (Å²) in [6.45, 7) is 3.28. The fourth-order valence-electron chi connectivity index (χ4n) is 3.38. The van der Waals surface area contributed by atoms with Gasteiger partial charge in [-0.05, 0) is 30.5 Å². The zero-order valence-corrected chi connectivity index (χ0v) is 17.6. The van der Waals surface area contributed by atoms with Crippen LogP contribution in [0, 0.1) is 6.92 Å². The standard InChI is InChI=1S/C23H23N5OS/c1-16-20(18-8-3-2-4-9-18)21-22(27-15-28-23(21)30-16)25-12-6-10-19(29)26-14-17-7-5-11-24-13-17/h2-5,7-9,11,13,15H,6,10,12,14H2,1H3,(H,26,29)(H,25,27,28). The Morgan fingerprint density at radius 1 is 1.10 bits per heavy atom. The van der Waals surface area contributed by atoms with E-state index in [9.17, 15) is 4.79 Å². The van der Waals surface area contributed by atoms with E-state index < -0.39 is 0 Å². The van der Waals surface area contributed by atoms with Crippen LogP contribution in [0.2, 0.25) is 0 Å². The minimum atomic E-state index is 0.0323. The van der Waals surface area contributed by atoms with Crippen LogP contribution >= 0.6 is 11.3 Å². The molecule has 3 heterocycles. The molecule has 0 unspecified atom stereocenters. The number of fused-ring (bicyclic) bond motifs is 1. The summed E-state index contributed by atoms with van der Waals surface area (Å²) in [5.41, 5.74) is 3.33. The molecule has 0 spiro atoms. The lowest BCUT2D eigenvalue weighted by Gasteiger charge is -2.09. The molecule has 152 valence electrons. The van der Waals surface area contributed by atoms with Crippen molar-refractivity contribution in [2.24, 2.45) is 0 Å². The number of nitrogens with zero attached hydrogens (tertiary/aromatic N) is 3. The number of nitrogens with one attached hydrogen (secondary N) is 2. The largest absolute Gasteiger partial charge is 0.369 e. The number of anilines is 1. The van der Waals surface area contributed by atoms with E-state index in [1.54, 1.807) is 30.1 Å². The zero-order valence-electron chi connectivity index (χ0n) is 16.8. The Kier molecular flexibility index (Phi) is 6.29. The summed E-state index contributed by atoms with van der Waals surface area (Å²) in [5, 5.41) is 7.38. The molecule has 4 aromatic rings. The Balaban J connectivity index is 1.38. The summed E-state index contributed by atoms with van der Waals surface area (Å²) >= 11 is 1.68. The average molecular weight is 418 g/mol. The Labute approximate surface area is 179 Å². The highest BCUT2D eigenvalue weighted by Crippen LogP contribution is 2.40. The Hall–Kier alpha value is -3.32. The van der Waals surface area contributed by atoms with Gasteiger partial charge in [-0.1, -0.05) is 36.4 Å². The number of aryl methyl sites for hydroxylation is 1. The molecule has 0 bridgehead atoms. The van der Waals surface area contributed by atoms with Gasteiger partial charge in [0, 0.05) is 42.3 Å². The zero-order chi connectivity index (χ0) is 20.8. The van der Waals surface area contributed by atoms with E-state index in [0.29, 0.717) is 25.9 Å². The van der Waals surface area contributed by atoms with E-state index in [0.717, 1.165) is 27.2 Å². The summed E-state index contributed by atoms with van der Waals surface area (Å²) in [6, 6.07) is 14.1. The van der Waals surface area contributed by atoms with Crippen molar-refractivity contribution in [3.63, 3.8) is 0 Å². The van der Waals surface area contributed by atoms with Crippen molar-refractivity contribution in [1.29, 1.82) is 0 Å². The van der Waals surface area contributed by atoms with Crippen LogP contribution in [0.1, 0.15) is 23.3 Å². The number of benzene rings is 1. The second-order valence-electron chi connectivity index (χ2n) is 6.97. The third kappa shape index (κ3) is 4.63. The van der Waals surface area contributed by atoms with Gasteiger partial charge in [0.1, 0.15) is 17.0 Å². The fraction of sp³-hybridized carbons (Fsp3) is 0.217. The minimum Gasteiger partial charge on any atom is -0.369 e. The van der Waals surface area contributed by atoms with Gasteiger partial charge in [0.05, 0.1) is 5.39 Å². The number of carbonyl (C=O) groups is 1. The molecule has 6 nitrogen and oxygen atoms in total. The van der Waals surface area contributed by atoms with Crippen molar-refractivity contribution < 1.29 is 4.79 Å². The Morgan fingerprint density at radius 2 is 1.97 bits per heavy atom. The van der Waals surface area contributed by atoms with Crippen LogP contribution in [0.3, 0.4) is 0 Å². The lowest BCUT2D eigenvalue weighted by molar-refractivity contribution is -0.121. The summed E-state index contributed by atoms with van der Waals surface area (Å²) < 4.78 is 0.